The lowest BCUT2D eigenvalue weighted by Gasteiger charge is -2.41. The third kappa shape index (κ3) is 8.93. The number of guanidine groups is 1. The van der Waals surface area contributed by atoms with Crippen LogP contribution in [0.3, 0.4) is 0 Å². The lowest BCUT2D eigenvalue weighted by atomic mass is 9.65. The van der Waals surface area contributed by atoms with Crippen molar-refractivity contribution in [3.05, 3.63) is 65.2 Å². The Bertz CT molecular complexity index is 1680. The number of aryl methyl sites for hydroxylation is 1. The van der Waals surface area contributed by atoms with Gasteiger partial charge < -0.3 is 41.1 Å². The highest BCUT2D eigenvalue weighted by atomic mass is 19.4. The van der Waals surface area contributed by atoms with Crippen molar-refractivity contribution in [3.8, 4) is 0 Å². The summed E-state index contributed by atoms with van der Waals surface area (Å²) in [6, 6.07) is 14.4. The molecule has 0 saturated carbocycles. The molecule has 1 saturated heterocycles. The van der Waals surface area contributed by atoms with E-state index < -0.39 is 52.5 Å². The Balaban J connectivity index is 0.000000944. The Labute approximate surface area is 298 Å². The average molecular weight is 733 g/mol. The number of fused-ring (bicyclic) bond motifs is 1. The average Bonchev–Trinajstić information content (AvgIpc) is 3.79. The number of nitrogens with two attached hydrogens (primary N) is 2. The monoisotopic (exact) mass is 732 g/mol. The van der Waals surface area contributed by atoms with Crippen LogP contribution >= 0.6 is 0 Å². The van der Waals surface area contributed by atoms with Gasteiger partial charge in [-0.25, -0.2) is 9.59 Å². The summed E-state index contributed by atoms with van der Waals surface area (Å²) in [5.41, 5.74) is 8.51. The molecular formula is C35H43F3N6O8. The second-order valence-corrected chi connectivity index (χ2v) is 12.9. The Morgan fingerprint density at radius 3 is 2.29 bits per heavy atom. The number of carboxylic acid groups (broad SMARTS) is 1. The summed E-state index contributed by atoms with van der Waals surface area (Å²) in [6.07, 6.45) is -1.42. The summed E-state index contributed by atoms with van der Waals surface area (Å²) in [4.78, 5) is 79.8. The Morgan fingerprint density at radius 1 is 1.08 bits per heavy atom. The number of rotatable bonds is 15. The zero-order chi connectivity index (χ0) is 38.9. The maximum absolute atomic E-state index is 14.0. The summed E-state index contributed by atoms with van der Waals surface area (Å²) in [7, 11) is 0. The van der Waals surface area contributed by atoms with Gasteiger partial charge in [0.15, 0.2) is 11.5 Å². The Morgan fingerprint density at radius 2 is 1.73 bits per heavy atom. The van der Waals surface area contributed by atoms with E-state index in [1.54, 1.807) is 45.0 Å². The molecule has 14 nitrogen and oxygen atoms in total. The maximum Gasteiger partial charge on any atom is 0.490 e. The van der Waals surface area contributed by atoms with Crippen molar-refractivity contribution in [1.29, 1.82) is 0 Å². The van der Waals surface area contributed by atoms with Gasteiger partial charge in [0.2, 0.25) is 5.91 Å². The van der Waals surface area contributed by atoms with Gasteiger partial charge >= 0.3 is 18.1 Å². The van der Waals surface area contributed by atoms with Crippen molar-refractivity contribution < 1.29 is 51.8 Å². The van der Waals surface area contributed by atoms with Crippen LogP contribution in [0.5, 0.6) is 0 Å². The maximum atomic E-state index is 14.0. The van der Waals surface area contributed by atoms with E-state index in [0.29, 0.717) is 42.4 Å². The van der Waals surface area contributed by atoms with E-state index in [-0.39, 0.29) is 25.5 Å². The molecule has 1 fully saturated rings. The summed E-state index contributed by atoms with van der Waals surface area (Å²) in [5.74, 6) is -4.18. The van der Waals surface area contributed by atoms with Crippen LogP contribution in [0.25, 0.3) is 0 Å². The fourth-order valence-corrected chi connectivity index (χ4v) is 6.38. The van der Waals surface area contributed by atoms with Crippen molar-refractivity contribution in [2.24, 2.45) is 16.5 Å². The number of hydrogen-bond acceptors (Lipinski definition) is 9. The summed E-state index contributed by atoms with van der Waals surface area (Å²) >= 11 is 0. The number of alkyl halides is 3. The van der Waals surface area contributed by atoms with Crippen molar-refractivity contribution in [3.63, 3.8) is 0 Å². The summed E-state index contributed by atoms with van der Waals surface area (Å²) in [5, 5.41) is 12.9. The molecule has 0 radical (unpaired) electrons. The van der Waals surface area contributed by atoms with Gasteiger partial charge in [0.25, 0.3) is 5.91 Å². The minimum Gasteiger partial charge on any atom is -0.475 e. The van der Waals surface area contributed by atoms with E-state index >= 15 is 0 Å². The minimum absolute atomic E-state index is 0.0648. The van der Waals surface area contributed by atoms with Crippen LogP contribution in [-0.2, 0) is 40.5 Å². The van der Waals surface area contributed by atoms with Crippen molar-refractivity contribution in [1.82, 2.24) is 10.6 Å². The van der Waals surface area contributed by atoms with Gasteiger partial charge in [-0.1, -0.05) is 49.7 Å². The van der Waals surface area contributed by atoms with E-state index in [1.165, 1.54) is 4.90 Å². The molecule has 0 aromatic heterocycles. The molecule has 4 rings (SSSR count). The zero-order valence-corrected chi connectivity index (χ0v) is 29.0. The van der Waals surface area contributed by atoms with Crippen LogP contribution in [0.4, 0.5) is 18.9 Å². The first kappa shape index (κ1) is 41.1. The number of halogens is 3. The topological polar surface area (TPSA) is 233 Å². The predicted octanol–water partition coefficient (Wildman–Crippen LogP) is 2.16. The standard InChI is InChI=1S/C33H42N6O6.C2HF3O2/c1-22(2)45-29(44)33(32(21-41,38-33)15-17-40)31(3,24-11-7-4-8-12-24)20-39-26-14-13-23(10-6-5-9-16-36-30(34)35)18-25(26)28(43)37-19-27(39)42;3-2(4,5)1(6)7/h4,7-8,11-14,17-18,21-22,38H,5-6,9-10,15-16,19-20H2,1-3H3,(H,37,43)(H4,34,35,36);(H,6,7)/t31?,32?,33-;/m1./s1. The van der Waals surface area contributed by atoms with Gasteiger partial charge in [-0.3, -0.25) is 19.9 Å². The van der Waals surface area contributed by atoms with Gasteiger partial charge in [0.1, 0.15) is 18.1 Å². The third-order valence-corrected chi connectivity index (χ3v) is 8.94. The number of aldehydes is 2. The first-order chi connectivity index (χ1) is 24.4. The van der Waals surface area contributed by atoms with Gasteiger partial charge in [-0.15, -0.1) is 0 Å². The number of anilines is 1. The number of hydrogen-bond donors (Lipinski definition) is 5. The first-order valence-corrected chi connectivity index (χ1v) is 16.4. The largest absolute Gasteiger partial charge is 0.490 e. The van der Waals surface area contributed by atoms with E-state index in [9.17, 15) is 37.1 Å². The molecule has 2 aromatic carbocycles. The van der Waals surface area contributed by atoms with Crippen molar-refractivity contribution in [2.75, 3.05) is 24.5 Å². The lowest BCUT2D eigenvalue weighted by molar-refractivity contribution is -0.192. The fraction of sp³-hybridized carbons (Fsp3) is 0.457. The smallest absolute Gasteiger partial charge is 0.475 e. The SMILES string of the molecule is CC(C)OC(=O)[C@]1(C(C)(CN2C(=O)CNC(=O)c3cc(CCCCCN=C(N)N)ccc32)c2ccccc2)NC1(C=O)CC=O.O=C(O)C(F)(F)F. The molecule has 0 bridgehead atoms. The third-order valence-electron chi connectivity index (χ3n) is 8.94. The molecule has 7 N–H and O–H groups in total. The number of esters is 1. The van der Waals surface area contributed by atoms with Crippen LogP contribution in [0.1, 0.15) is 67.9 Å². The molecule has 2 aromatic rings. The van der Waals surface area contributed by atoms with E-state index in [1.807, 2.05) is 24.3 Å². The molecule has 2 amide bonds. The highest BCUT2D eigenvalue weighted by molar-refractivity contribution is 6.10. The van der Waals surface area contributed by atoms with Crippen LogP contribution in [0, 0.1) is 0 Å². The van der Waals surface area contributed by atoms with Crippen LogP contribution < -0.4 is 27.0 Å². The number of benzene rings is 2. The second-order valence-electron chi connectivity index (χ2n) is 12.9. The molecule has 2 aliphatic heterocycles. The Kier molecular flexibility index (Phi) is 13.3. The number of aliphatic carboxylic acids is 1. The number of carbonyl (C=O) groups is 6. The number of carboxylic acids is 1. The van der Waals surface area contributed by atoms with E-state index in [0.717, 1.165) is 24.8 Å². The minimum atomic E-state index is -5.08. The molecule has 3 atom stereocenters. The van der Waals surface area contributed by atoms with Crippen LogP contribution in [0.2, 0.25) is 0 Å². The molecule has 2 unspecified atom stereocenters. The summed E-state index contributed by atoms with van der Waals surface area (Å²) in [6.45, 7) is 5.36. The molecule has 52 heavy (non-hydrogen) atoms. The highest BCUT2D eigenvalue weighted by Crippen LogP contribution is 2.55. The van der Waals surface area contributed by atoms with Crippen LogP contribution in [-0.4, -0.2) is 90.4 Å². The van der Waals surface area contributed by atoms with Gasteiger partial charge in [-0.2, -0.15) is 13.2 Å². The number of nitrogens with one attached hydrogen (secondary N) is 2. The number of ether oxygens (including phenoxy) is 1. The van der Waals surface area contributed by atoms with E-state index in [4.69, 9.17) is 26.1 Å². The lowest BCUT2D eigenvalue weighted by Crippen LogP contribution is -2.59. The molecular weight excluding hydrogens is 689 g/mol. The van der Waals surface area contributed by atoms with Gasteiger partial charge in [0.05, 0.1) is 23.9 Å². The molecule has 0 aliphatic carbocycles. The fourth-order valence-electron chi connectivity index (χ4n) is 6.38. The number of amides is 2. The van der Waals surface area contributed by atoms with Gasteiger partial charge in [0, 0.05) is 24.9 Å². The molecule has 17 heteroatoms. The van der Waals surface area contributed by atoms with Gasteiger partial charge in [-0.05, 0) is 56.4 Å². The second kappa shape index (κ2) is 16.8. The predicted molar refractivity (Wildman–Crippen MR) is 183 cm³/mol. The number of nitrogens with zero attached hydrogens (tertiary/aromatic N) is 2. The van der Waals surface area contributed by atoms with Crippen molar-refractivity contribution in [2.45, 2.75) is 81.6 Å². The number of carbonyl (C=O) groups excluding carboxylic acids is 5. The molecule has 282 valence electrons. The highest BCUT2D eigenvalue weighted by Gasteiger charge is 2.80. The zero-order valence-electron chi connectivity index (χ0n) is 29.0. The quantitative estimate of drug-likeness (QED) is 0.0445. The Hall–Kier alpha value is -5.32. The number of aliphatic imine (C=N–C) groups is 1. The first-order valence-electron chi connectivity index (χ1n) is 16.4. The molecule has 2 aliphatic rings. The van der Waals surface area contributed by atoms with Crippen LogP contribution in [0.15, 0.2) is 53.5 Å². The molecule has 2 heterocycles. The molecule has 0 spiro atoms. The normalized spacial score (nSPS) is 20.6. The van der Waals surface area contributed by atoms with E-state index in [2.05, 4.69) is 15.6 Å². The summed E-state index contributed by atoms with van der Waals surface area (Å²) < 4.78 is 37.4. The van der Waals surface area contributed by atoms with Crippen molar-refractivity contribution >= 4 is 48.0 Å². The number of unbranched alkanes of at least 4 members (excludes halogenated alkanes) is 2.